The average molecular weight is 515 g/mol. The van der Waals surface area contributed by atoms with Crippen LogP contribution in [0.1, 0.15) is 79.9 Å². The van der Waals surface area contributed by atoms with Gasteiger partial charge in [0.2, 0.25) is 0 Å². The molecular formula is C29H38O8. The zero-order chi connectivity index (χ0) is 26.9. The van der Waals surface area contributed by atoms with Gasteiger partial charge in [0.15, 0.2) is 5.78 Å². The Labute approximate surface area is 218 Å². The van der Waals surface area contributed by atoms with E-state index in [1.54, 1.807) is 6.07 Å². The van der Waals surface area contributed by atoms with Crippen LogP contribution in [-0.2, 0) is 24.1 Å². The number of aliphatic hydroxyl groups is 1. The molecule has 2 aromatic carbocycles. The number of fused-ring (bicyclic) bond motifs is 1. The molecule has 0 saturated carbocycles. The third-order valence-electron chi connectivity index (χ3n) is 6.48. The van der Waals surface area contributed by atoms with Crippen LogP contribution in [0.5, 0.6) is 23.0 Å². The molecule has 0 saturated heterocycles. The highest BCUT2D eigenvalue weighted by molar-refractivity contribution is 5.97. The van der Waals surface area contributed by atoms with Crippen molar-refractivity contribution in [2.75, 3.05) is 13.2 Å². The van der Waals surface area contributed by atoms with Crippen molar-refractivity contribution in [1.82, 2.24) is 0 Å². The number of aliphatic carboxylic acids is 1. The minimum Gasteiger partial charge on any atom is -0.507 e. The Morgan fingerprint density at radius 3 is 2.27 bits per heavy atom. The summed E-state index contributed by atoms with van der Waals surface area (Å²) in [6.07, 6.45) is 3.97. The number of carbonyl (C=O) groups is 2. The molecular weight excluding hydrogens is 476 g/mol. The molecule has 0 spiro atoms. The maximum absolute atomic E-state index is 11.8. The van der Waals surface area contributed by atoms with Crippen molar-refractivity contribution >= 4 is 11.8 Å². The second kappa shape index (κ2) is 13.3. The van der Waals surface area contributed by atoms with Crippen molar-refractivity contribution in [1.29, 1.82) is 0 Å². The van der Waals surface area contributed by atoms with Gasteiger partial charge in [-0.3, -0.25) is 9.59 Å². The average Bonchev–Trinajstić information content (AvgIpc) is 2.87. The molecule has 2 atom stereocenters. The summed E-state index contributed by atoms with van der Waals surface area (Å²) in [6, 6.07) is 7.05. The first kappa shape index (κ1) is 28.3. The molecule has 0 aromatic heterocycles. The molecule has 1 heterocycles. The largest absolute Gasteiger partial charge is 0.507 e. The fourth-order valence-corrected chi connectivity index (χ4v) is 4.60. The number of rotatable bonds is 14. The molecule has 2 aromatic rings. The molecule has 1 aliphatic rings. The Hall–Kier alpha value is -3.26. The Kier molecular flexibility index (Phi) is 10.2. The minimum atomic E-state index is -0.932. The molecule has 0 amide bonds. The summed E-state index contributed by atoms with van der Waals surface area (Å²) < 4.78 is 18.0. The summed E-state index contributed by atoms with van der Waals surface area (Å²) in [4.78, 5) is 22.7. The van der Waals surface area contributed by atoms with Gasteiger partial charge in [0.25, 0.3) is 0 Å². The molecule has 2 unspecified atom stereocenters. The van der Waals surface area contributed by atoms with Crippen molar-refractivity contribution in [2.24, 2.45) is 0 Å². The lowest BCUT2D eigenvalue weighted by Crippen LogP contribution is -2.27. The number of carboxylic acids is 1. The Balaban J connectivity index is 1.67. The molecule has 0 bridgehead atoms. The minimum absolute atomic E-state index is 0.00142. The van der Waals surface area contributed by atoms with E-state index in [4.69, 9.17) is 19.3 Å². The zero-order valence-electron chi connectivity index (χ0n) is 21.9. The summed E-state index contributed by atoms with van der Waals surface area (Å²) in [5.74, 6) is 0.719. The number of Topliss-reactive ketones (excluding diaryl/α,β-unsaturated/α-hetero) is 1. The monoisotopic (exact) mass is 514 g/mol. The van der Waals surface area contributed by atoms with Gasteiger partial charge < -0.3 is 29.5 Å². The molecule has 0 radical (unpaired) electrons. The quantitative estimate of drug-likeness (QED) is 0.305. The molecule has 202 valence electrons. The molecule has 0 aliphatic carbocycles. The summed E-state index contributed by atoms with van der Waals surface area (Å²) in [5.41, 5.74) is 2.83. The summed E-state index contributed by atoms with van der Waals surface area (Å²) in [7, 11) is 0. The highest BCUT2D eigenvalue weighted by atomic mass is 16.5. The first-order chi connectivity index (χ1) is 17.7. The molecule has 8 heteroatoms. The van der Waals surface area contributed by atoms with Gasteiger partial charge in [-0.15, -0.1) is 0 Å². The summed E-state index contributed by atoms with van der Waals surface area (Å²) >= 11 is 0. The highest BCUT2D eigenvalue weighted by Crippen LogP contribution is 2.39. The number of phenolic OH excluding ortho intramolecular Hbond substituents is 1. The fourth-order valence-electron chi connectivity index (χ4n) is 4.60. The van der Waals surface area contributed by atoms with E-state index >= 15 is 0 Å². The van der Waals surface area contributed by atoms with E-state index in [9.17, 15) is 19.8 Å². The maximum Gasteiger partial charge on any atom is 0.303 e. The molecule has 8 nitrogen and oxygen atoms in total. The predicted molar refractivity (Wildman–Crippen MR) is 139 cm³/mol. The van der Waals surface area contributed by atoms with Crippen LogP contribution in [0.15, 0.2) is 24.3 Å². The van der Waals surface area contributed by atoms with Crippen LogP contribution < -0.4 is 14.2 Å². The van der Waals surface area contributed by atoms with Crippen LogP contribution in [0.2, 0.25) is 0 Å². The second-order valence-electron chi connectivity index (χ2n) is 9.51. The van der Waals surface area contributed by atoms with E-state index in [-0.39, 0.29) is 42.8 Å². The number of ketones is 1. The number of aliphatic hydroxyl groups excluding tert-OH is 1. The summed E-state index contributed by atoms with van der Waals surface area (Å²) in [6.45, 7) is 5.39. The van der Waals surface area contributed by atoms with Crippen molar-refractivity contribution in [3.8, 4) is 23.0 Å². The molecule has 3 rings (SSSR count). The number of carboxylic acid groups (broad SMARTS) is 1. The number of hydrogen-bond acceptors (Lipinski definition) is 7. The normalized spacial score (nSPS) is 15.4. The van der Waals surface area contributed by atoms with Crippen LogP contribution >= 0.6 is 0 Å². The fraction of sp³-hybridized carbons (Fsp3) is 0.517. The zero-order valence-corrected chi connectivity index (χ0v) is 21.9. The van der Waals surface area contributed by atoms with E-state index in [1.807, 2.05) is 19.1 Å². The Morgan fingerprint density at radius 1 is 1.03 bits per heavy atom. The predicted octanol–water partition coefficient (Wildman–Crippen LogP) is 4.88. The highest BCUT2D eigenvalue weighted by Gasteiger charge is 2.25. The molecule has 3 N–H and O–H groups in total. The molecule has 0 fully saturated rings. The third kappa shape index (κ3) is 7.38. The second-order valence-corrected chi connectivity index (χ2v) is 9.51. The van der Waals surface area contributed by atoms with Crippen molar-refractivity contribution in [3.05, 3.63) is 46.5 Å². The summed E-state index contributed by atoms with van der Waals surface area (Å²) in [5, 5.41) is 30.1. The first-order valence-corrected chi connectivity index (χ1v) is 13.1. The van der Waals surface area contributed by atoms with Crippen LogP contribution in [0.25, 0.3) is 0 Å². The number of ether oxygens (including phenoxy) is 3. The van der Waals surface area contributed by atoms with Crippen LogP contribution in [0.4, 0.5) is 0 Å². The number of phenols is 1. The van der Waals surface area contributed by atoms with Gasteiger partial charge in [-0.2, -0.15) is 0 Å². The van der Waals surface area contributed by atoms with Gasteiger partial charge >= 0.3 is 5.97 Å². The van der Waals surface area contributed by atoms with E-state index in [0.717, 1.165) is 49.0 Å². The van der Waals surface area contributed by atoms with Crippen molar-refractivity contribution in [2.45, 2.75) is 84.3 Å². The van der Waals surface area contributed by atoms with Gasteiger partial charge in [-0.05, 0) is 62.8 Å². The van der Waals surface area contributed by atoms with Gasteiger partial charge in [-0.1, -0.05) is 32.8 Å². The van der Waals surface area contributed by atoms with Gasteiger partial charge in [0, 0.05) is 17.5 Å². The lowest BCUT2D eigenvalue weighted by atomic mass is 9.95. The van der Waals surface area contributed by atoms with Crippen LogP contribution in [0.3, 0.4) is 0 Å². The smallest absolute Gasteiger partial charge is 0.303 e. The van der Waals surface area contributed by atoms with Crippen LogP contribution in [-0.4, -0.2) is 52.5 Å². The standard InChI is InChI=1S/C29H38O8/c1-4-6-23-25(14-12-22(18(3)30)28(23)34)35-16-20(31)17-36-26-13-9-19-8-10-21(11-15-27(32)33)37-29(19)24(26)7-5-2/h9,12-14,20-21,31,34H,4-8,10-11,15-17H2,1-3H3,(H,32,33). The number of carbonyl (C=O) groups excluding carboxylic acids is 1. The molecule has 37 heavy (non-hydrogen) atoms. The van der Waals surface area contributed by atoms with Crippen molar-refractivity contribution < 1.29 is 39.1 Å². The first-order valence-electron chi connectivity index (χ1n) is 13.1. The Morgan fingerprint density at radius 2 is 1.65 bits per heavy atom. The third-order valence-corrected chi connectivity index (χ3v) is 6.48. The van der Waals surface area contributed by atoms with Crippen LogP contribution in [0, 0.1) is 0 Å². The SMILES string of the molecule is CCCc1c(OCC(O)COc2ccc3c(c2CCC)OC(CCC(=O)O)CC3)ccc(C(C)=O)c1O. The topological polar surface area (TPSA) is 123 Å². The lowest BCUT2D eigenvalue weighted by molar-refractivity contribution is -0.137. The number of benzene rings is 2. The number of hydrogen-bond donors (Lipinski definition) is 3. The van der Waals surface area contributed by atoms with E-state index < -0.39 is 12.1 Å². The van der Waals surface area contributed by atoms with Gasteiger partial charge in [0.1, 0.15) is 42.3 Å². The lowest BCUT2D eigenvalue weighted by Gasteiger charge is -2.29. The van der Waals surface area contributed by atoms with Gasteiger partial charge in [0.05, 0.1) is 11.7 Å². The maximum atomic E-state index is 11.8. The number of aromatic hydroxyl groups is 1. The molecule has 1 aliphatic heterocycles. The van der Waals surface area contributed by atoms with E-state index in [0.29, 0.717) is 29.9 Å². The van der Waals surface area contributed by atoms with E-state index in [1.165, 1.54) is 13.0 Å². The number of aryl methyl sites for hydroxylation is 1. The Bertz CT molecular complexity index is 1090. The van der Waals surface area contributed by atoms with Gasteiger partial charge in [-0.25, -0.2) is 0 Å². The van der Waals surface area contributed by atoms with Crippen molar-refractivity contribution in [3.63, 3.8) is 0 Å². The van der Waals surface area contributed by atoms with E-state index in [2.05, 4.69) is 6.92 Å².